The van der Waals surface area contributed by atoms with Gasteiger partial charge in [-0.25, -0.2) is 4.79 Å². The largest absolute Gasteiger partial charge is 0.507 e. The van der Waals surface area contributed by atoms with Gasteiger partial charge in [0.15, 0.2) is 0 Å². The van der Waals surface area contributed by atoms with E-state index < -0.39 is 5.97 Å². The molecule has 0 aliphatic rings. The van der Waals surface area contributed by atoms with Gasteiger partial charge in [-0.2, -0.15) is 0 Å². The van der Waals surface area contributed by atoms with E-state index in [0.717, 1.165) is 4.88 Å². The van der Waals surface area contributed by atoms with E-state index in [0.29, 0.717) is 5.69 Å². The molecule has 0 bridgehead atoms. The monoisotopic (exact) mass is 289 g/mol. The van der Waals surface area contributed by atoms with Crippen LogP contribution in [0.25, 0.3) is 6.08 Å². The van der Waals surface area contributed by atoms with Gasteiger partial charge in [-0.05, 0) is 35.7 Å². The first-order valence-electron chi connectivity index (χ1n) is 5.65. The van der Waals surface area contributed by atoms with Crippen LogP contribution in [0.1, 0.15) is 15.2 Å². The van der Waals surface area contributed by atoms with Crippen LogP contribution >= 0.6 is 11.3 Å². The van der Waals surface area contributed by atoms with Crippen molar-refractivity contribution in [3.63, 3.8) is 0 Å². The lowest BCUT2D eigenvalue weighted by Crippen LogP contribution is -2.08. The molecule has 0 saturated carbocycles. The van der Waals surface area contributed by atoms with Crippen molar-refractivity contribution in [3.8, 4) is 5.75 Å². The quantitative estimate of drug-likeness (QED) is 0.596. The number of carbonyl (C=O) groups excluding carboxylic acids is 1. The van der Waals surface area contributed by atoms with Gasteiger partial charge < -0.3 is 15.5 Å². The number of benzene rings is 1. The summed E-state index contributed by atoms with van der Waals surface area (Å²) in [6.45, 7) is 0. The van der Waals surface area contributed by atoms with Gasteiger partial charge in [-0.15, -0.1) is 11.3 Å². The number of rotatable bonds is 4. The van der Waals surface area contributed by atoms with Crippen LogP contribution in [0.15, 0.2) is 41.8 Å². The maximum Gasteiger partial charge on any atom is 0.339 e. The number of phenols is 1. The molecule has 102 valence electrons. The van der Waals surface area contributed by atoms with Gasteiger partial charge in [0.2, 0.25) is 5.91 Å². The number of carboxylic acid groups (broad SMARTS) is 1. The second-order valence-electron chi connectivity index (χ2n) is 3.88. The topological polar surface area (TPSA) is 86.6 Å². The molecule has 0 spiro atoms. The first kappa shape index (κ1) is 13.8. The predicted octanol–water partition coefficient (Wildman–Crippen LogP) is 2.80. The molecule has 0 aliphatic carbocycles. The highest BCUT2D eigenvalue weighted by Gasteiger charge is 2.10. The maximum atomic E-state index is 11.7. The number of nitrogens with one attached hydrogen (secondary N) is 1. The number of hydrogen-bond donors (Lipinski definition) is 3. The summed E-state index contributed by atoms with van der Waals surface area (Å²) in [4.78, 5) is 23.5. The Morgan fingerprint density at radius 3 is 2.70 bits per heavy atom. The molecule has 0 aliphatic heterocycles. The molecule has 3 N–H and O–H groups in total. The Bertz CT molecular complexity index is 662. The molecule has 0 fully saturated rings. The molecule has 2 rings (SSSR count). The van der Waals surface area contributed by atoms with E-state index >= 15 is 0 Å². The van der Waals surface area contributed by atoms with Crippen molar-refractivity contribution < 1.29 is 19.8 Å². The fourth-order valence-corrected chi connectivity index (χ4v) is 2.13. The van der Waals surface area contributed by atoms with Crippen LogP contribution in [0.4, 0.5) is 5.69 Å². The second-order valence-corrected chi connectivity index (χ2v) is 4.85. The molecule has 0 saturated heterocycles. The van der Waals surface area contributed by atoms with Crippen LogP contribution in [-0.4, -0.2) is 22.1 Å². The summed E-state index contributed by atoms with van der Waals surface area (Å²) < 4.78 is 0. The van der Waals surface area contributed by atoms with Crippen molar-refractivity contribution in [2.24, 2.45) is 0 Å². The first-order chi connectivity index (χ1) is 9.56. The molecule has 1 aromatic heterocycles. The fraction of sp³-hybridized carbons (Fsp3) is 0. The minimum atomic E-state index is -1.26. The summed E-state index contributed by atoms with van der Waals surface area (Å²) in [5.74, 6) is -1.97. The number of thiophene rings is 1. The summed E-state index contributed by atoms with van der Waals surface area (Å²) in [7, 11) is 0. The lowest BCUT2D eigenvalue weighted by atomic mass is 10.2. The third-order valence-electron chi connectivity index (χ3n) is 2.44. The van der Waals surface area contributed by atoms with E-state index in [1.165, 1.54) is 35.6 Å². The van der Waals surface area contributed by atoms with Gasteiger partial charge in [0, 0.05) is 16.6 Å². The van der Waals surface area contributed by atoms with Crippen LogP contribution in [0, 0.1) is 0 Å². The SMILES string of the molecule is O=C(/C=C/c1cccs1)Nc1ccc(O)c(C(=O)O)c1. The number of hydrogen-bond acceptors (Lipinski definition) is 4. The van der Waals surface area contributed by atoms with Crippen LogP contribution in [0.3, 0.4) is 0 Å². The van der Waals surface area contributed by atoms with Gasteiger partial charge in [0.05, 0.1) is 0 Å². The molecule has 5 nitrogen and oxygen atoms in total. The molecule has 0 unspecified atom stereocenters. The summed E-state index contributed by atoms with van der Waals surface area (Å²) in [5, 5.41) is 22.7. The van der Waals surface area contributed by atoms with Crippen molar-refractivity contribution in [2.45, 2.75) is 0 Å². The van der Waals surface area contributed by atoms with E-state index in [-0.39, 0.29) is 17.2 Å². The normalized spacial score (nSPS) is 10.6. The Balaban J connectivity index is 2.08. The Hall–Kier alpha value is -2.60. The second kappa shape index (κ2) is 6.03. The zero-order valence-electron chi connectivity index (χ0n) is 10.2. The molecule has 20 heavy (non-hydrogen) atoms. The molecule has 0 radical (unpaired) electrons. The number of aromatic hydroxyl groups is 1. The van der Waals surface area contributed by atoms with Crippen LogP contribution in [0.2, 0.25) is 0 Å². The molecule has 1 amide bonds. The Kier molecular flexibility index (Phi) is 4.17. The smallest absolute Gasteiger partial charge is 0.339 e. The Morgan fingerprint density at radius 2 is 2.05 bits per heavy atom. The average molecular weight is 289 g/mol. The first-order valence-corrected chi connectivity index (χ1v) is 6.53. The molecular formula is C14H11NO4S. The van der Waals surface area contributed by atoms with Crippen molar-refractivity contribution in [2.75, 3.05) is 5.32 Å². The van der Waals surface area contributed by atoms with E-state index in [9.17, 15) is 14.7 Å². The molecule has 6 heteroatoms. The maximum absolute atomic E-state index is 11.7. The molecule has 1 aromatic carbocycles. The fourth-order valence-electron chi connectivity index (χ4n) is 1.51. The van der Waals surface area contributed by atoms with Gasteiger partial charge >= 0.3 is 5.97 Å². The van der Waals surface area contributed by atoms with Gasteiger partial charge in [0.1, 0.15) is 11.3 Å². The van der Waals surface area contributed by atoms with Gasteiger partial charge in [0.25, 0.3) is 0 Å². The predicted molar refractivity (Wildman–Crippen MR) is 77.0 cm³/mol. The van der Waals surface area contributed by atoms with Crippen molar-refractivity contribution in [1.82, 2.24) is 0 Å². The number of carboxylic acids is 1. The molecule has 0 atom stereocenters. The summed E-state index contributed by atoms with van der Waals surface area (Å²) in [6.07, 6.45) is 3.03. The summed E-state index contributed by atoms with van der Waals surface area (Å²) in [5.41, 5.74) is 0.0473. The van der Waals surface area contributed by atoms with E-state index in [1.54, 1.807) is 6.08 Å². The van der Waals surface area contributed by atoms with Crippen LogP contribution in [0.5, 0.6) is 5.75 Å². The third kappa shape index (κ3) is 3.46. The minimum Gasteiger partial charge on any atom is -0.507 e. The molecule has 2 aromatic rings. The zero-order chi connectivity index (χ0) is 14.5. The van der Waals surface area contributed by atoms with E-state index in [4.69, 9.17) is 5.11 Å². The van der Waals surface area contributed by atoms with Crippen molar-refractivity contribution in [3.05, 3.63) is 52.2 Å². The van der Waals surface area contributed by atoms with Gasteiger partial charge in [-0.1, -0.05) is 6.07 Å². The number of amides is 1. The highest BCUT2D eigenvalue weighted by Crippen LogP contribution is 2.21. The molecule has 1 heterocycles. The minimum absolute atomic E-state index is 0.259. The highest BCUT2D eigenvalue weighted by atomic mass is 32.1. The van der Waals surface area contributed by atoms with Crippen molar-refractivity contribution >= 4 is 35.0 Å². The van der Waals surface area contributed by atoms with Crippen LogP contribution in [-0.2, 0) is 4.79 Å². The lowest BCUT2D eigenvalue weighted by molar-refractivity contribution is -0.111. The van der Waals surface area contributed by atoms with Crippen LogP contribution < -0.4 is 5.32 Å². The number of carbonyl (C=O) groups is 2. The highest BCUT2D eigenvalue weighted by molar-refractivity contribution is 7.10. The standard InChI is InChI=1S/C14H11NO4S/c16-12-5-3-9(8-11(12)14(18)19)15-13(17)6-4-10-2-1-7-20-10/h1-8,16H,(H,15,17)(H,18,19)/b6-4+. The number of aromatic carboxylic acids is 1. The third-order valence-corrected chi connectivity index (χ3v) is 3.27. The van der Waals surface area contributed by atoms with E-state index in [1.807, 2.05) is 17.5 Å². The summed E-state index contributed by atoms with van der Waals surface area (Å²) in [6, 6.07) is 7.61. The Labute approximate surface area is 118 Å². The van der Waals surface area contributed by atoms with Crippen molar-refractivity contribution in [1.29, 1.82) is 0 Å². The Morgan fingerprint density at radius 1 is 1.25 bits per heavy atom. The molecular weight excluding hydrogens is 278 g/mol. The van der Waals surface area contributed by atoms with E-state index in [2.05, 4.69) is 5.32 Å². The zero-order valence-corrected chi connectivity index (χ0v) is 11.1. The number of anilines is 1. The lowest BCUT2D eigenvalue weighted by Gasteiger charge is -2.05. The van der Waals surface area contributed by atoms with Gasteiger partial charge in [-0.3, -0.25) is 4.79 Å². The average Bonchev–Trinajstić information content (AvgIpc) is 2.91. The summed E-state index contributed by atoms with van der Waals surface area (Å²) >= 11 is 1.50.